The SMILES string of the molecule is O=C(Nc1ccc(Cl)c(Cl)c1)c1nn2c(c1Cl)N[C@H](c1cccs1)C[C@H]2C(F)(F)F. The van der Waals surface area contributed by atoms with Crippen molar-refractivity contribution in [3.8, 4) is 0 Å². The third-order valence-corrected chi connectivity index (χ3v) is 6.66. The van der Waals surface area contributed by atoms with E-state index in [0.717, 1.165) is 9.56 Å². The Morgan fingerprint density at radius 2 is 2.00 bits per heavy atom. The third kappa shape index (κ3) is 3.99. The molecule has 0 bridgehead atoms. The molecule has 1 amide bonds. The minimum absolute atomic E-state index is 0.0528. The lowest BCUT2D eigenvalue weighted by atomic mass is 10.0. The largest absolute Gasteiger partial charge is 0.410 e. The van der Waals surface area contributed by atoms with Gasteiger partial charge in [-0.2, -0.15) is 18.3 Å². The van der Waals surface area contributed by atoms with Crippen LogP contribution in [0.3, 0.4) is 0 Å². The number of aromatic nitrogens is 2. The van der Waals surface area contributed by atoms with Gasteiger partial charge < -0.3 is 10.6 Å². The molecule has 30 heavy (non-hydrogen) atoms. The van der Waals surface area contributed by atoms with E-state index in [1.807, 2.05) is 0 Å². The summed E-state index contributed by atoms with van der Waals surface area (Å²) in [4.78, 5) is 13.4. The van der Waals surface area contributed by atoms with Gasteiger partial charge in [0.1, 0.15) is 10.8 Å². The molecular formula is C18H12Cl3F3N4OS. The maximum absolute atomic E-state index is 13.8. The Morgan fingerprint density at radius 3 is 2.63 bits per heavy atom. The maximum atomic E-state index is 13.8. The molecular weight excluding hydrogens is 484 g/mol. The van der Waals surface area contributed by atoms with Crippen LogP contribution in [-0.4, -0.2) is 21.9 Å². The normalized spacial score (nSPS) is 18.6. The fourth-order valence-electron chi connectivity index (χ4n) is 3.17. The van der Waals surface area contributed by atoms with Gasteiger partial charge in [0, 0.05) is 17.0 Å². The van der Waals surface area contributed by atoms with E-state index < -0.39 is 24.2 Å². The van der Waals surface area contributed by atoms with E-state index in [0.29, 0.717) is 10.7 Å². The second-order valence-electron chi connectivity index (χ2n) is 6.54. The summed E-state index contributed by atoms with van der Waals surface area (Å²) in [6.07, 6.45) is -4.85. The van der Waals surface area contributed by atoms with Crippen LogP contribution in [0.15, 0.2) is 35.7 Å². The molecule has 0 spiro atoms. The van der Waals surface area contributed by atoms with Crippen molar-refractivity contribution < 1.29 is 18.0 Å². The Bertz CT molecular complexity index is 1100. The minimum Gasteiger partial charge on any atom is -0.361 e. The monoisotopic (exact) mass is 494 g/mol. The number of rotatable bonds is 3. The number of anilines is 2. The topological polar surface area (TPSA) is 59.0 Å². The van der Waals surface area contributed by atoms with E-state index in [4.69, 9.17) is 34.8 Å². The van der Waals surface area contributed by atoms with Gasteiger partial charge >= 0.3 is 6.18 Å². The van der Waals surface area contributed by atoms with Gasteiger partial charge in [0.05, 0.1) is 16.1 Å². The number of nitrogens with one attached hydrogen (secondary N) is 2. The number of fused-ring (bicyclic) bond motifs is 1. The van der Waals surface area contributed by atoms with E-state index in [-0.39, 0.29) is 28.0 Å². The molecule has 2 atom stereocenters. The average molecular weight is 496 g/mol. The van der Waals surface area contributed by atoms with Gasteiger partial charge in [-0.15, -0.1) is 11.3 Å². The molecule has 158 valence electrons. The Balaban J connectivity index is 1.69. The predicted octanol–water partition coefficient (Wildman–Crippen LogP) is 6.82. The molecule has 5 nitrogen and oxygen atoms in total. The molecule has 4 rings (SSSR count). The number of alkyl halides is 3. The van der Waals surface area contributed by atoms with E-state index in [1.54, 1.807) is 17.5 Å². The van der Waals surface area contributed by atoms with Gasteiger partial charge in [-0.05, 0) is 29.6 Å². The highest BCUT2D eigenvalue weighted by Crippen LogP contribution is 2.46. The number of nitrogens with zero attached hydrogens (tertiary/aromatic N) is 2. The lowest BCUT2D eigenvalue weighted by molar-refractivity contribution is -0.173. The maximum Gasteiger partial charge on any atom is 0.410 e. The zero-order valence-electron chi connectivity index (χ0n) is 14.8. The Hall–Kier alpha value is -1.94. The van der Waals surface area contributed by atoms with Crippen LogP contribution in [0, 0.1) is 0 Å². The number of hydrogen-bond donors (Lipinski definition) is 2. The van der Waals surface area contributed by atoms with Crippen molar-refractivity contribution in [3.05, 3.63) is 61.4 Å². The molecule has 3 aromatic rings. The summed E-state index contributed by atoms with van der Waals surface area (Å²) in [5.74, 6) is -0.821. The van der Waals surface area contributed by atoms with Crippen LogP contribution in [0.5, 0.6) is 0 Å². The van der Waals surface area contributed by atoms with Crippen molar-refractivity contribution in [2.45, 2.75) is 24.7 Å². The molecule has 0 fully saturated rings. The van der Waals surface area contributed by atoms with Crippen LogP contribution in [0.1, 0.15) is 33.9 Å². The first-order valence-corrected chi connectivity index (χ1v) is 10.6. The van der Waals surface area contributed by atoms with E-state index >= 15 is 0 Å². The lowest BCUT2D eigenvalue weighted by Crippen LogP contribution is -2.35. The highest BCUT2D eigenvalue weighted by atomic mass is 35.5. The van der Waals surface area contributed by atoms with E-state index in [9.17, 15) is 18.0 Å². The molecule has 0 unspecified atom stereocenters. The van der Waals surface area contributed by atoms with Gasteiger partial charge in [-0.25, -0.2) is 4.68 Å². The van der Waals surface area contributed by atoms with Crippen LogP contribution in [0.25, 0.3) is 0 Å². The number of amides is 1. The highest BCUT2D eigenvalue weighted by molar-refractivity contribution is 7.10. The second kappa shape index (κ2) is 7.96. The fraction of sp³-hybridized carbons (Fsp3) is 0.222. The average Bonchev–Trinajstić information content (AvgIpc) is 3.32. The molecule has 0 saturated heterocycles. The predicted molar refractivity (Wildman–Crippen MR) is 112 cm³/mol. The molecule has 2 N–H and O–H groups in total. The first kappa shape index (κ1) is 21.3. The van der Waals surface area contributed by atoms with Gasteiger partial charge in [0.15, 0.2) is 11.7 Å². The Morgan fingerprint density at radius 1 is 1.23 bits per heavy atom. The number of hydrogen-bond acceptors (Lipinski definition) is 4. The fourth-order valence-corrected chi connectivity index (χ4v) is 4.53. The quantitative estimate of drug-likeness (QED) is 0.419. The first-order chi connectivity index (χ1) is 14.1. The van der Waals surface area contributed by atoms with Crippen LogP contribution in [0.2, 0.25) is 15.1 Å². The van der Waals surface area contributed by atoms with Crippen molar-refractivity contribution >= 4 is 63.6 Å². The molecule has 2 aromatic heterocycles. The van der Waals surface area contributed by atoms with Gasteiger partial charge in [-0.1, -0.05) is 40.9 Å². The minimum atomic E-state index is -4.57. The number of carbonyl (C=O) groups excluding carboxylic acids is 1. The van der Waals surface area contributed by atoms with Crippen LogP contribution in [0.4, 0.5) is 24.7 Å². The smallest absolute Gasteiger partial charge is 0.361 e. The highest BCUT2D eigenvalue weighted by Gasteiger charge is 2.48. The zero-order valence-corrected chi connectivity index (χ0v) is 17.9. The molecule has 3 heterocycles. The summed E-state index contributed by atoms with van der Waals surface area (Å²) < 4.78 is 42.0. The van der Waals surface area contributed by atoms with E-state index in [1.165, 1.54) is 29.5 Å². The summed E-state index contributed by atoms with van der Waals surface area (Å²) in [5.41, 5.74) is -0.0282. The van der Waals surface area contributed by atoms with Crippen molar-refractivity contribution in [1.82, 2.24) is 9.78 Å². The number of thiophene rings is 1. The Labute approximate surface area is 187 Å². The summed E-state index contributed by atoms with van der Waals surface area (Å²) in [5, 5.41) is 11.5. The van der Waals surface area contributed by atoms with Crippen molar-refractivity contribution in [2.24, 2.45) is 0 Å². The molecule has 1 aliphatic heterocycles. The second-order valence-corrected chi connectivity index (χ2v) is 8.72. The zero-order chi connectivity index (χ0) is 21.6. The first-order valence-electron chi connectivity index (χ1n) is 8.56. The Kier molecular flexibility index (Phi) is 5.65. The molecule has 12 heteroatoms. The lowest BCUT2D eigenvalue weighted by Gasteiger charge is -2.32. The molecule has 1 aliphatic rings. The summed E-state index contributed by atoms with van der Waals surface area (Å²) in [6, 6.07) is 5.36. The van der Waals surface area contributed by atoms with Crippen molar-refractivity contribution in [3.63, 3.8) is 0 Å². The van der Waals surface area contributed by atoms with Gasteiger partial charge in [0.2, 0.25) is 0 Å². The number of carbonyl (C=O) groups is 1. The molecule has 0 radical (unpaired) electrons. The van der Waals surface area contributed by atoms with E-state index in [2.05, 4.69) is 15.7 Å². The molecule has 1 aromatic carbocycles. The van der Waals surface area contributed by atoms with Crippen molar-refractivity contribution in [2.75, 3.05) is 10.6 Å². The van der Waals surface area contributed by atoms with Gasteiger partial charge in [-0.3, -0.25) is 4.79 Å². The van der Waals surface area contributed by atoms with Crippen LogP contribution < -0.4 is 10.6 Å². The number of halogens is 6. The van der Waals surface area contributed by atoms with Gasteiger partial charge in [0.25, 0.3) is 5.91 Å². The summed E-state index contributed by atoms with van der Waals surface area (Å²) in [7, 11) is 0. The number of benzene rings is 1. The standard InChI is InChI=1S/C18H12Cl3F3N4OS/c19-9-4-3-8(6-10(9)20)25-17(29)15-14(21)16-26-11(12-2-1-5-30-12)7-13(18(22,23)24)28(16)27-15/h1-6,11,13,26H,7H2,(H,25,29)/t11-,13-/m0/s1. The van der Waals surface area contributed by atoms with Crippen molar-refractivity contribution in [1.29, 1.82) is 0 Å². The summed E-state index contributed by atoms with van der Waals surface area (Å²) >= 11 is 19.4. The summed E-state index contributed by atoms with van der Waals surface area (Å²) in [6.45, 7) is 0. The molecule has 0 aliphatic carbocycles. The molecule has 0 saturated carbocycles. The van der Waals surface area contributed by atoms with Crippen LogP contribution >= 0.6 is 46.1 Å². The van der Waals surface area contributed by atoms with Crippen LogP contribution in [-0.2, 0) is 0 Å². The third-order valence-electron chi connectivity index (χ3n) is 4.57.